The first-order valence-corrected chi connectivity index (χ1v) is 6.82. The minimum absolute atomic E-state index is 0.149. The molecule has 20 heavy (non-hydrogen) atoms. The molecule has 0 saturated heterocycles. The zero-order valence-electron chi connectivity index (χ0n) is 10.5. The summed E-state index contributed by atoms with van der Waals surface area (Å²) in [5.74, 6) is 6.24. The summed E-state index contributed by atoms with van der Waals surface area (Å²) >= 11 is 11.2. The molecule has 0 amide bonds. The number of hydrogen-bond donors (Lipinski definition) is 0. The van der Waals surface area contributed by atoms with Crippen LogP contribution in [0.25, 0.3) is 0 Å². The van der Waals surface area contributed by atoms with Crippen LogP contribution >= 0.6 is 23.2 Å². The fraction of sp³-hybridized carbons (Fsp3) is 0.125. The first-order chi connectivity index (χ1) is 9.69. The molecule has 0 unspecified atom stereocenters. The van der Waals surface area contributed by atoms with Crippen molar-refractivity contribution in [3.05, 3.63) is 64.4 Å². The summed E-state index contributed by atoms with van der Waals surface area (Å²) in [5, 5.41) is 0.369. The summed E-state index contributed by atoms with van der Waals surface area (Å²) in [6.07, 6.45) is 0. The van der Waals surface area contributed by atoms with Crippen molar-refractivity contribution in [1.29, 1.82) is 0 Å². The van der Waals surface area contributed by atoms with Gasteiger partial charge in [-0.25, -0.2) is 4.39 Å². The highest BCUT2D eigenvalue weighted by Crippen LogP contribution is 2.18. The molecule has 0 aliphatic carbocycles. The molecule has 0 aromatic heterocycles. The van der Waals surface area contributed by atoms with E-state index in [1.165, 1.54) is 6.07 Å². The van der Waals surface area contributed by atoms with Crippen molar-refractivity contribution in [2.75, 3.05) is 5.88 Å². The second-order valence-corrected chi connectivity index (χ2v) is 4.69. The fourth-order valence-corrected chi connectivity index (χ4v) is 1.80. The van der Waals surface area contributed by atoms with Crippen LogP contribution in [-0.4, -0.2) is 5.88 Å². The Morgan fingerprint density at radius 2 is 1.85 bits per heavy atom. The molecular formula is C16H11Cl2FO. The van der Waals surface area contributed by atoms with Gasteiger partial charge in [-0.05, 0) is 36.4 Å². The van der Waals surface area contributed by atoms with Crippen molar-refractivity contribution in [2.45, 2.75) is 6.61 Å². The third kappa shape index (κ3) is 4.16. The van der Waals surface area contributed by atoms with E-state index in [0.717, 1.165) is 5.56 Å². The molecule has 0 N–H and O–H groups in total. The number of rotatable bonds is 3. The lowest BCUT2D eigenvalue weighted by atomic mass is 10.2. The monoisotopic (exact) mass is 308 g/mol. The van der Waals surface area contributed by atoms with Crippen LogP contribution in [0.1, 0.15) is 11.1 Å². The number of alkyl halides is 1. The van der Waals surface area contributed by atoms with Crippen LogP contribution in [-0.2, 0) is 6.61 Å². The van der Waals surface area contributed by atoms with E-state index in [-0.39, 0.29) is 12.4 Å². The maximum Gasteiger partial charge on any atom is 0.131 e. The van der Waals surface area contributed by atoms with Crippen LogP contribution in [0.2, 0.25) is 5.02 Å². The van der Waals surface area contributed by atoms with E-state index < -0.39 is 0 Å². The summed E-state index contributed by atoms with van der Waals surface area (Å²) < 4.78 is 19.1. The largest absolute Gasteiger partial charge is 0.489 e. The highest BCUT2D eigenvalue weighted by molar-refractivity contribution is 6.30. The summed E-state index contributed by atoms with van der Waals surface area (Å²) in [4.78, 5) is 0. The first kappa shape index (κ1) is 14.7. The number of halogens is 3. The molecule has 0 aliphatic heterocycles. The highest BCUT2D eigenvalue weighted by atomic mass is 35.5. The van der Waals surface area contributed by atoms with Gasteiger partial charge in [0.25, 0.3) is 0 Å². The molecule has 102 valence electrons. The van der Waals surface area contributed by atoms with Crippen molar-refractivity contribution in [3.8, 4) is 17.6 Å². The third-order valence-corrected chi connectivity index (χ3v) is 2.93. The van der Waals surface area contributed by atoms with Crippen LogP contribution in [0.3, 0.4) is 0 Å². The minimum atomic E-state index is -0.373. The minimum Gasteiger partial charge on any atom is -0.489 e. The van der Waals surface area contributed by atoms with Gasteiger partial charge in [0.05, 0.1) is 5.88 Å². The standard InChI is InChI=1S/C16H11Cl2FO/c17-9-1-2-12-3-7-15(8-4-12)20-11-13-5-6-14(18)10-16(13)19/h3-8,10H,9,11H2. The van der Waals surface area contributed by atoms with E-state index in [0.29, 0.717) is 22.2 Å². The van der Waals surface area contributed by atoms with Crippen LogP contribution < -0.4 is 4.74 Å². The maximum atomic E-state index is 13.6. The van der Waals surface area contributed by atoms with Gasteiger partial charge >= 0.3 is 0 Å². The molecule has 0 radical (unpaired) electrons. The van der Waals surface area contributed by atoms with E-state index in [1.54, 1.807) is 24.3 Å². The zero-order chi connectivity index (χ0) is 14.4. The number of ether oxygens (including phenoxy) is 1. The molecule has 0 heterocycles. The lowest BCUT2D eigenvalue weighted by molar-refractivity contribution is 0.300. The van der Waals surface area contributed by atoms with Gasteiger partial charge in [0.15, 0.2) is 0 Å². The first-order valence-electron chi connectivity index (χ1n) is 5.90. The molecule has 0 fully saturated rings. The summed E-state index contributed by atoms with van der Waals surface area (Å²) in [5.41, 5.74) is 1.32. The van der Waals surface area contributed by atoms with Gasteiger partial charge in [-0.3, -0.25) is 0 Å². The Hall–Kier alpha value is -1.69. The Balaban J connectivity index is 2.00. The fourth-order valence-electron chi connectivity index (χ4n) is 1.57. The van der Waals surface area contributed by atoms with Crippen molar-refractivity contribution in [1.82, 2.24) is 0 Å². The van der Waals surface area contributed by atoms with Gasteiger partial charge < -0.3 is 4.74 Å². The highest BCUT2D eigenvalue weighted by Gasteiger charge is 2.03. The molecule has 0 saturated carbocycles. The van der Waals surface area contributed by atoms with E-state index in [1.807, 2.05) is 12.1 Å². The smallest absolute Gasteiger partial charge is 0.131 e. The summed E-state index contributed by atoms with van der Waals surface area (Å²) in [7, 11) is 0. The third-order valence-electron chi connectivity index (χ3n) is 2.56. The molecule has 2 aromatic carbocycles. The average molecular weight is 309 g/mol. The van der Waals surface area contributed by atoms with Crippen LogP contribution in [0, 0.1) is 17.7 Å². The van der Waals surface area contributed by atoms with E-state index in [2.05, 4.69) is 11.8 Å². The van der Waals surface area contributed by atoms with E-state index in [4.69, 9.17) is 27.9 Å². The Kier molecular flexibility index (Phi) is 5.29. The molecule has 4 heteroatoms. The van der Waals surface area contributed by atoms with Gasteiger partial charge in [0, 0.05) is 16.1 Å². The normalized spacial score (nSPS) is 9.75. The molecule has 0 atom stereocenters. The van der Waals surface area contributed by atoms with Gasteiger partial charge in [-0.1, -0.05) is 29.5 Å². The quantitative estimate of drug-likeness (QED) is 0.592. The lowest BCUT2D eigenvalue weighted by Crippen LogP contribution is -1.98. The molecule has 1 nitrogen and oxygen atoms in total. The Morgan fingerprint density at radius 1 is 1.10 bits per heavy atom. The van der Waals surface area contributed by atoms with Crippen molar-refractivity contribution >= 4 is 23.2 Å². The molecule has 0 bridgehead atoms. The van der Waals surface area contributed by atoms with Crippen molar-refractivity contribution in [2.24, 2.45) is 0 Å². The predicted molar refractivity (Wildman–Crippen MR) is 79.8 cm³/mol. The Labute approximate surface area is 127 Å². The van der Waals surface area contributed by atoms with Gasteiger partial charge in [-0.15, -0.1) is 11.6 Å². The maximum absolute atomic E-state index is 13.6. The van der Waals surface area contributed by atoms with Crippen LogP contribution in [0.5, 0.6) is 5.75 Å². The van der Waals surface area contributed by atoms with Gasteiger partial charge in [0.2, 0.25) is 0 Å². The SMILES string of the molecule is Fc1cc(Cl)ccc1COc1ccc(C#CCCl)cc1. The number of hydrogen-bond acceptors (Lipinski definition) is 1. The van der Waals surface area contributed by atoms with Gasteiger partial charge in [-0.2, -0.15) is 0 Å². The van der Waals surface area contributed by atoms with Crippen molar-refractivity contribution < 1.29 is 9.13 Å². The predicted octanol–water partition coefficient (Wildman–Crippen LogP) is 4.65. The molecular weight excluding hydrogens is 298 g/mol. The second-order valence-electron chi connectivity index (χ2n) is 3.98. The average Bonchev–Trinajstić information content (AvgIpc) is 2.45. The molecule has 2 aromatic rings. The number of benzene rings is 2. The Bertz CT molecular complexity index is 642. The molecule has 0 spiro atoms. The molecule has 2 rings (SSSR count). The lowest BCUT2D eigenvalue weighted by Gasteiger charge is -2.07. The van der Waals surface area contributed by atoms with Crippen LogP contribution in [0.15, 0.2) is 42.5 Å². The van der Waals surface area contributed by atoms with E-state index in [9.17, 15) is 4.39 Å². The second kappa shape index (κ2) is 7.19. The zero-order valence-corrected chi connectivity index (χ0v) is 12.0. The summed E-state index contributed by atoms with van der Waals surface area (Å²) in [6.45, 7) is 0.149. The van der Waals surface area contributed by atoms with E-state index >= 15 is 0 Å². The van der Waals surface area contributed by atoms with Crippen molar-refractivity contribution in [3.63, 3.8) is 0 Å². The van der Waals surface area contributed by atoms with Gasteiger partial charge in [0.1, 0.15) is 18.2 Å². The topological polar surface area (TPSA) is 9.23 Å². The van der Waals surface area contributed by atoms with Crippen LogP contribution in [0.4, 0.5) is 4.39 Å². The molecule has 0 aliphatic rings. The summed E-state index contributed by atoms with van der Waals surface area (Å²) in [6, 6.07) is 11.7. The Morgan fingerprint density at radius 3 is 2.50 bits per heavy atom.